The zero-order chi connectivity index (χ0) is 19.7. The van der Waals surface area contributed by atoms with E-state index in [1.165, 1.54) is 19.2 Å². The SMILES string of the molecule is CNS(=O)(=O)c1cccc(C(=O)N2CCCC(c3nc4ccccc4o3)C2)c1. The summed E-state index contributed by atoms with van der Waals surface area (Å²) in [7, 11) is -2.25. The van der Waals surface area contributed by atoms with Gasteiger partial charge in [0.2, 0.25) is 10.0 Å². The van der Waals surface area contributed by atoms with Crippen molar-refractivity contribution in [1.29, 1.82) is 0 Å². The molecule has 0 radical (unpaired) electrons. The molecule has 4 rings (SSSR count). The first-order chi connectivity index (χ1) is 13.5. The van der Waals surface area contributed by atoms with Crippen LogP contribution in [0.25, 0.3) is 11.1 Å². The van der Waals surface area contributed by atoms with Gasteiger partial charge in [0.05, 0.1) is 10.8 Å². The molecule has 1 saturated heterocycles. The Morgan fingerprint density at radius 1 is 1.21 bits per heavy atom. The van der Waals surface area contributed by atoms with Crippen LogP contribution in [0.1, 0.15) is 35.0 Å². The quantitative estimate of drug-likeness (QED) is 0.728. The topological polar surface area (TPSA) is 92.5 Å². The molecule has 28 heavy (non-hydrogen) atoms. The third kappa shape index (κ3) is 3.53. The van der Waals surface area contributed by atoms with Crippen molar-refractivity contribution < 1.29 is 17.6 Å². The number of piperidine rings is 1. The number of aromatic nitrogens is 1. The smallest absolute Gasteiger partial charge is 0.253 e. The van der Waals surface area contributed by atoms with E-state index in [-0.39, 0.29) is 16.7 Å². The molecule has 0 aliphatic carbocycles. The van der Waals surface area contributed by atoms with Gasteiger partial charge in [-0.05, 0) is 50.2 Å². The molecule has 0 bridgehead atoms. The van der Waals surface area contributed by atoms with Crippen molar-refractivity contribution in [3.05, 3.63) is 60.0 Å². The monoisotopic (exact) mass is 399 g/mol. The second-order valence-corrected chi connectivity index (χ2v) is 8.73. The van der Waals surface area contributed by atoms with Crippen LogP contribution in [0.3, 0.4) is 0 Å². The van der Waals surface area contributed by atoms with Gasteiger partial charge in [0, 0.05) is 18.7 Å². The van der Waals surface area contributed by atoms with E-state index in [4.69, 9.17) is 4.42 Å². The van der Waals surface area contributed by atoms with Gasteiger partial charge in [-0.25, -0.2) is 18.1 Å². The number of hydrogen-bond donors (Lipinski definition) is 1. The number of carbonyl (C=O) groups is 1. The van der Waals surface area contributed by atoms with Gasteiger partial charge in [-0.15, -0.1) is 0 Å². The molecule has 2 heterocycles. The highest BCUT2D eigenvalue weighted by molar-refractivity contribution is 7.89. The second-order valence-electron chi connectivity index (χ2n) is 6.85. The van der Waals surface area contributed by atoms with Gasteiger partial charge in [-0.2, -0.15) is 0 Å². The van der Waals surface area contributed by atoms with Crippen molar-refractivity contribution in [2.24, 2.45) is 0 Å². The standard InChI is InChI=1S/C20H21N3O4S/c1-21-28(25,26)16-8-4-6-14(12-16)20(24)23-11-5-7-15(13-23)19-22-17-9-2-3-10-18(17)27-19/h2-4,6,8-10,12,15,21H,5,7,11,13H2,1H3. The number of nitrogens with one attached hydrogen (secondary N) is 1. The summed E-state index contributed by atoms with van der Waals surface area (Å²) in [4.78, 5) is 19.4. The Morgan fingerprint density at radius 3 is 2.82 bits per heavy atom. The number of carbonyl (C=O) groups excluding carboxylic acids is 1. The molecule has 0 spiro atoms. The van der Waals surface area contributed by atoms with Gasteiger partial charge in [-0.3, -0.25) is 4.79 Å². The number of para-hydroxylation sites is 2. The van der Waals surface area contributed by atoms with Gasteiger partial charge in [0.15, 0.2) is 11.5 Å². The van der Waals surface area contributed by atoms with E-state index in [9.17, 15) is 13.2 Å². The number of amides is 1. The van der Waals surface area contributed by atoms with Crippen molar-refractivity contribution in [1.82, 2.24) is 14.6 Å². The second kappa shape index (κ2) is 7.37. The molecular weight excluding hydrogens is 378 g/mol. The molecule has 1 amide bonds. The van der Waals surface area contributed by atoms with Gasteiger partial charge in [0.1, 0.15) is 5.52 Å². The minimum absolute atomic E-state index is 0.0225. The van der Waals surface area contributed by atoms with Crippen LogP contribution in [-0.4, -0.2) is 44.3 Å². The van der Waals surface area contributed by atoms with Gasteiger partial charge >= 0.3 is 0 Å². The molecule has 8 heteroatoms. The normalized spacial score (nSPS) is 17.8. The lowest BCUT2D eigenvalue weighted by Gasteiger charge is -2.31. The molecule has 1 fully saturated rings. The van der Waals surface area contributed by atoms with E-state index in [1.807, 2.05) is 24.3 Å². The molecule has 1 unspecified atom stereocenters. The molecule has 1 aromatic heterocycles. The third-order valence-corrected chi connectivity index (χ3v) is 6.44. The molecule has 3 aromatic rings. The van der Waals surface area contributed by atoms with Crippen molar-refractivity contribution in [3.8, 4) is 0 Å². The summed E-state index contributed by atoms with van der Waals surface area (Å²) in [5.74, 6) is 0.480. The number of fused-ring (bicyclic) bond motifs is 1. The molecule has 1 aliphatic rings. The van der Waals surface area contributed by atoms with E-state index in [0.717, 1.165) is 23.9 Å². The Morgan fingerprint density at radius 2 is 2.04 bits per heavy atom. The number of nitrogens with zero attached hydrogens (tertiary/aromatic N) is 2. The van der Waals surface area contributed by atoms with E-state index >= 15 is 0 Å². The highest BCUT2D eigenvalue weighted by atomic mass is 32.2. The predicted molar refractivity (Wildman–Crippen MR) is 105 cm³/mol. The number of likely N-dealkylation sites (tertiary alicyclic amines) is 1. The first-order valence-corrected chi connectivity index (χ1v) is 10.6. The first-order valence-electron chi connectivity index (χ1n) is 9.16. The maximum Gasteiger partial charge on any atom is 0.253 e. The van der Waals surface area contributed by atoms with Gasteiger partial charge < -0.3 is 9.32 Å². The first kappa shape index (κ1) is 18.6. The summed E-state index contributed by atoms with van der Waals surface area (Å²) in [6, 6.07) is 13.7. The Bertz CT molecular complexity index is 1090. The lowest BCUT2D eigenvalue weighted by Crippen LogP contribution is -2.39. The number of hydrogen-bond acceptors (Lipinski definition) is 5. The summed E-state index contributed by atoms with van der Waals surface area (Å²) in [6.45, 7) is 1.12. The van der Waals surface area contributed by atoms with E-state index in [1.54, 1.807) is 17.0 Å². The zero-order valence-electron chi connectivity index (χ0n) is 15.5. The van der Waals surface area contributed by atoms with Crippen molar-refractivity contribution >= 4 is 27.0 Å². The number of sulfonamides is 1. The minimum Gasteiger partial charge on any atom is -0.440 e. The lowest BCUT2D eigenvalue weighted by molar-refractivity contribution is 0.0698. The summed E-state index contributed by atoms with van der Waals surface area (Å²) < 4.78 is 32.2. The number of oxazole rings is 1. The average Bonchev–Trinajstić information content (AvgIpc) is 3.18. The molecule has 1 aliphatic heterocycles. The van der Waals surface area contributed by atoms with Gasteiger partial charge in [0.25, 0.3) is 5.91 Å². The Balaban J connectivity index is 1.56. The molecular formula is C20H21N3O4S. The van der Waals surface area contributed by atoms with E-state index in [0.29, 0.717) is 24.5 Å². The highest BCUT2D eigenvalue weighted by Crippen LogP contribution is 2.29. The predicted octanol–water partition coefficient (Wildman–Crippen LogP) is 2.76. The van der Waals surface area contributed by atoms with Crippen molar-refractivity contribution in [2.75, 3.05) is 20.1 Å². The Labute approximate surface area is 163 Å². The van der Waals surface area contributed by atoms with Crippen LogP contribution in [0.2, 0.25) is 0 Å². The summed E-state index contributed by atoms with van der Waals surface area (Å²) in [5, 5.41) is 0. The van der Waals surface area contributed by atoms with Crippen molar-refractivity contribution in [3.63, 3.8) is 0 Å². The third-order valence-electron chi connectivity index (χ3n) is 5.03. The van der Waals surface area contributed by atoms with Crippen LogP contribution < -0.4 is 4.72 Å². The van der Waals surface area contributed by atoms with Crippen molar-refractivity contribution in [2.45, 2.75) is 23.7 Å². The molecule has 1 atom stereocenters. The van der Waals surface area contributed by atoms with E-state index in [2.05, 4.69) is 9.71 Å². The van der Waals surface area contributed by atoms with Crippen LogP contribution in [0.4, 0.5) is 0 Å². The lowest BCUT2D eigenvalue weighted by atomic mass is 9.97. The minimum atomic E-state index is -3.60. The Kier molecular flexibility index (Phi) is 4.91. The number of rotatable bonds is 4. The van der Waals surface area contributed by atoms with Crippen LogP contribution >= 0.6 is 0 Å². The van der Waals surface area contributed by atoms with E-state index < -0.39 is 10.0 Å². The molecule has 2 aromatic carbocycles. The summed E-state index contributed by atoms with van der Waals surface area (Å²) in [5.41, 5.74) is 1.91. The molecule has 7 nitrogen and oxygen atoms in total. The molecule has 146 valence electrons. The fraction of sp³-hybridized carbons (Fsp3) is 0.300. The van der Waals surface area contributed by atoms with Crippen LogP contribution in [0.15, 0.2) is 57.8 Å². The summed E-state index contributed by atoms with van der Waals surface area (Å²) >= 11 is 0. The zero-order valence-corrected chi connectivity index (χ0v) is 16.3. The highest BCUT2D eigenvalue weighted by Gasteiger charge is 2.29. The largest absolute Gasteiger partial charge is 0.440 e. The fourth-order valence-corrected chi connectivity index (χ4v) is 4.30. The summed E-state index contributed by atoms with van der Waals surface area (Å²) in [6.07, 6.45) is 1.73. The Hall–Kier alpha value is -2.71. The van der Waals surface area contributed by atoms with Crippen LogP contribution in [0.5, 0.6) is 0 Å². The maximum atomic E-state index is 13.0. The molecule has 1 N–H and O–H groups in total. The maximum absolute atomic E-state index is 13.0. The van der Waals surface area contributed by atoms with Gasteiger partial charge in [-0.1, -0.05) is 18.2 Å². The fourth-order valence-electron chi connectivity index (χ4n) is 3.52. The van der Waals surface area contributed by atoms with Crippen LogP contribution in [-0.2, 0) is 10.0 Å². The average molecular weight is 399 g/mol. The van der Waals surface area contributed by atoms with Crippen LogP contribution in [0, 0.1) is 0 Å². The molecule has 0 saturated carbocycles. The number of benzene rings is 2.